The molecular formula is C25H27O7P. The van der Waals surface area contributed by atoms with Gasteiger partial charge in [0.15, 0.2) is 6.29 Å². The Morgan fingerprint density at radius 3 is 1.70 bits per heavy atom. The molecule has 1 aliphatic rings. The molecule has 8 heteroatoms. The summed E-state index contributed by atoms with van der Waals surface area (Å²) in [5.41, 5.74) is 2.49. The standard InChI is InChI=1S/C25H27O7P/c26-16-23-24(32-25(31-23)22-14-8-3-9-15-22)19-30-33(27,28-17-20-10-4-1-5-11-20)29-18-21-12-6-2-7-13-21/h1-15,23-26H,16-19H2/t23-,24-,25?/m0/s1. The van der Waals surface area contributed by atoms with Crippen LogP contribution in [0.25, 0.3) is 0 Å². The Labute approximate surface area is 193 Å². The molecule has 0 saturated carbocycles. The molecule has 0 amide bonds. The van der Waals surface area contributed by atoms with Crippen molar-refractivity contribution in [3.63, 3.8) is 0 Å². The molecule has 0 spiro atoms. The molecule has 33 heavy (non-hydrogen) atoms. The minimum atomic E-state index is -3.95. The van der Waals surface area contributed by atoms with Gasteiger partial charge in [-0.05, 0) is 11.1 Å². The summed E-state index contributed by atoms with van der Waals surface area (Å²) in [5.74, 6) is 0. The second-order valence-electron chi connectivity index (χ2n) is 7.54. The van der Waals surface area contributed by atoms with Crippen molar-refractivity contribution < 1.29 is 32.7 Å². The van der Waals surface area contributed by atoms with E-state index in [1.165, 1.54) is 0 Å². The smallest absolute Gasteiger partial charge is 0.394 e. The summed E-state index contributed by atoms with van der Waals surface area (Å²) in [7, 11) is -3.95. The summed E-state index contributed by atoms with van der Waals surface area (Å²) in [4.78, 5) is 0. The maximum absolute atomic E-state index is 13.4. The van der Waals surface area contributed by atoms with E-state index in [9.17, 15) is 9.67 Å². The SMILES string of the molecule is O=P(OCc1ccccc1)(OCc1ccccc1)OC[C@@H]1OC(c2ccccc2)O[C@H]1CO. The van der Waals surface area contributed by atoms with Crippen LogP contribution in [0.1, 0.15) is 23.0 Å². The van der Waals surface area contributed by atoms with E-state index < -0.39 is 26.3 Å². The number of benzene rings is 3. The summed E-state index contributed by atoms with van der Waals surface area (Å²) in [6.07, 6.45) is -1.92. The van der Waals surface area contributed by atoms with E-state index in [4.69, 9.17) is 23.0 Å². The Bertz CT molecular complexity index is 969. The van der Waals surface area contributed by atoms with Gasteiger partial charge in [-0.25, -0.2) is 4.57 Å². The molecule has 0 bridgehead atoms. The molecule has 1 saturated heterocycles. The van der Waals surface area contributed by atoms with Gasteiger partial charge in [0.1, 0.15) is 12.2 Å². The van der Waals surface area contributed by atoms with Crippen LogP contribution in [-0.4, -0.2) is 30.5 Å². The molecule has 174 valence electrons. The lowest BCUT2D eigenvalue weighted by atomic mass is 10.2. The number of aliphatic hydroxyl groups excluding tert-OH is 1. The molecule has 0 aliphatic carbocycles. The summed E-state index contributed by atoms with van der Waals surface area (Å²) in [6, 6.07) is 28.1. The maximum atomic E-state index is 13.4. The fourth-order valence-electron chi connectivity index (χ4n) is 3.33. The van der Waals surface area contributed by atoms with Gasteiger partial charge in [0.2, 0.25) is 0 Å². The highest BCUT2D eigenvalue weighted by Crippen LogP contribution is 2.51. The number of phosphoric ester groups is 1. The predicted molar refractivity (Wildman–Crippen MR) is 122 cm³/mol. The number of aliphatic hydroxyl groups is 1. The average Bonchev–Trinajstić information content (AvgIpc) is 3.31. The van der Waals surface area contributed by atoms with Crippen molar-refractivity contribution in [3.8, 4) is 0 Å². The Hall–Kier alpha value is -2.35. The Balaban J connectivity index is 1.41. The zero-order valence-electron chi connectivity index (χ0n) is 18.1. The van der Waals surface area contributed by atoms with Crippen molar-refractivity contribution in [2.45, 2.75) is 31.7 Å². The molecule has 3 aromatic rings. The molecule has 4 rings (SSSR count). The van der Waals surface area contributed by atoms with E-state index in [0.717, 1.165) is 16.7 Å². The van der Waals surface area contributed by atoms with Crippen molar-refractivity contribution in [2.75, 3.05) is 13.2 Å². The zero-order valence-corrected chi connectivity index (χ0v) is 19.0. The monoisotopic (exact) mass is 470 g/mol. The molecule has 1 unspecified atom stereocenters. The van der Waals surface area contributed by atoms with Crippen LogP contribution in [0, 0.1) is 0 Å². The topological polar surface area (TPSA) is 83.5 Å². The van der Waals surface area contributed by atoms with E-state index in [1.54, 1.807) is 0 Å². The van der Waals surface area contributed by atoms with Gasteiger partial charge >= 0.3 is 7.82 Å². The summed E-state index contributed by atoms with van der Waals surface area (Å²) in [5, 5.41) is 9.74. The van der Waals surface area contributed by atoms with Crippen molar-refractivity contribution in [3.05, 3.63) is 108 Å². The van der Waals surface area contributed by atoms with Crippen molar-refractivity contribution >= 4 is 7.82 Å². The fourth-order valence-corrected chi connectivity index (χ4v) is 4.50. The first kappa shape index (κ1) is 23.8. The third kappa shape index (κ3) is 6.82. The molecule has 1 N–H and O–H groups in total. The van der Waals surface area contributed by atoms with Crippen LogP contribution in [0.5, 0.6) is 0 Å². The van der Waals surface area contributed by atoms with Crippen LogP contribution in [0.2, 0.25) is 0 Å². The maximum Gasteiger partial charge on any atom is 0.475 e. The Kier molecular flexibility index (Phi) is 8.42. The predicted octanol–water partition coefficient (Wildman–Crippen LogP) is 5.02. The van der Waals surface area contributed by atoms with Gasteiger partial charge in [-0.3, -0.25) is 13.6 Å². The van der Waals surface area contributed by atoms with Crippen molar-refractivity contribution in [1.29, 1.82) is 0 Å². The van der Waals surface area contributed by atoms with Gasteiger partial charge in [-0.2, -0.15) is 0 Å². The number of phosphoric acid groups is 1. The summed E-state index contributed by atoms with van der Waals surface area (Å²) >= 11 is 0. The van der Waals surface area contributed by atoms with Crippen LogP contribution < -0.4 is 0 Å². The van der Waals surface area contributed by atoms with E-state index in [2.05, 4.69) is 0 Å². The average molecular weight is 470 g/mol. The third-order valence-corrected chi connectivity index (χ3v) is 6.48. The molecule has 1 heterocycles. The molecule has 3 atom stereocenters. The molecule has 7 nitrogen and oxygen atoms in total. The van der Waals surface area contributed by atoms with Crippen molar-refractivity contribution in [2.24, 2.45) is 0 Å². The van der Waals surface area contributed by atoms with Gasteiger partial charge in [-0.15, -0.1) is 0 Å². The highest BCUT2D eigenvalue weighted by molar-refractivity contribution is 7.48. The zero-order chi connectivity index (χ0) is 22.9. The van der Waals surface area contributed by atoms with Gasteiger partial charge < -0.3 is 14.6 Å². The molecule has 3 aromatic carbocycles. The third-order valence-electron chi connectivity index (χ3n) is 5.12. The number of ether oxygens (including phenoxy) is 2. The minimum absolute atomic E-state index is 0.0605. The van der Waals surface area contributed by atoms with E-state index in [1.807, 2.05) is 91.0 Å². The quantitative estimate of drug-likeness (QED) is 0.394. The second-order valence-corrected chi connectivity index (χ2v) is 9.20. The largest absolute Gasteiger partial charge is 0.475 e. The fraction of sp³-hybridized carbons (Fsp3) is 0.280. The van der Waals surface area contributed by atoms with E-state index in [0.29, 0.717) is 0 Å². The highest BCUT2D eigenvalue weighted by atomic mass is 31.2. The van der Waals surface area contributed by atoms with Crippen molar-refractivity contribution in [1.82, 2.24) is 0 Å². The number of hydrogen-bond donors (Lipinski definition) is 1. The van der Waals surface area contributed by atoms with Gasteiger partial charge in [0.25, 0.3) is 0 Å². The Morgan fingerprint density at radius 1 is 0.697 bits per heavy atom. The second kappa shape index (κ2) is 11.7. The van der Waals surface area contributed by atoms with Crippen LogP contribution in [0.4, 0.5) is 0 Å². The summed E-state index contributed by atoms with van der Waals surface area (Å²) < 4.78 is 42.1. The first-order valence-corrected chi connectivity index (χ1v) is 12.2. The molecular weight excluding hydrogens is 443 g/mol. The van der Waals surface area contributed by atoms with Gasteiger partial charge in [0.05, 0.1) is 26.4 Å². The van der Waals surface area contributed by atoms with E-state index >= 15 is 0 Å². The normalized spacial score (nSPS) is 20.7. The van der Waals surface area contributed by atoms with Gasteiger partial charge in [-0.1, -0.05) is 91.0 Å². The van der Waals surface area contributed by atoms with E-state index in [-0.39, 0.29) is 26.4 Å². The molecule has 1 fully saturated rings. The van der Waals surface area contributed by atoms with Gasteiger partial charge in [0, 0.05) is 5.56 Å². The van der Waals surface area contributed by atoms with Crippen LogP contribution >= 0.6 is 7.82 Å². The summed E-state index contributed by atoms with van der Waals surface area (Å²) in [6.45, 7) is -0.275. The van der Waals surface area contributed by atoms with Crippen LogP contribution in [0.3, 0.4) is 0 Å². The minimum Gasteiger partial charge on any atom is -0.394 e. The number of rotatable bonds is 11. The first-order valence-electron chi connectivity index (χ1n) is 10.7. The lowest BCUT2D eigenvalue weighted by Gasteiger charge is -2.21. The van der Waals surface area contributed by atoms with Crippen LogP contribution in [0.15, 0.2) is 91.0 Å². The molecule has 0 aromatic heterocycles. The Morgan fingerprint density at radius 2 is 1.18 bits per heavy atom. The lowest BCUT2D eigenvalue weighted by molar-refractivity contribution is -0.0773. The number of hydrogen-bond acceptors (Lipinski definition) is 7. The molecule has 1 aliphatic heterocycles. The first-order chi connectivity index (χ1) is 16.1. The van der Waals surface area contributed by atoms with Crippen LogP contribution in [-0.2, 0) is 40.8 Å². The molecule has 0 radical (unpaired) electrons. The highest BCUT2D eigenvalue weighted by Gasteiger charge is 2.39. The lowest BCUT2D eigenvalue weighted by Crippen LogP contribution is -2.30.